The standard InChI is InChI=1S/C14H12O/c1-2-14(15,13-10-6-7-11-13)12-8-4-3-5-9-12/h1,3-10,15H,11H2. The van der Waals surface area contributed by atoms with Gasteiger partial charge in [-0.3, -0.25) is 0 Å². The van der Waals surface area contributed by atoms with Gasteiger partial charge in [-0.25, -0.2) is 0 Å². The molecule has 0 saturated carbocycles. The van der Waals surface area contributed by atoms with E-state index in [-0.39, 0.29) is 0 Å². The van der Waals surface area contributed by atoms with Crippen molar-refractivity contribution in [2.45, 2.75) is 12.0 Å². The van der Waals surface area contributed by atoms with Gasteiger partial charge >= 0.3 is 0 Å². The summed E-state index contributed by atoms with van der Waals surface area (Å²) >= 11 is 0. The van der Waals surface area contributed by atoms with Gasteiger partial charge in [-0.05, 0) is 12.0 Å². The minimum atomic E-state index is -1.26. The van der Waals surface area contributed by atoms with E-state index in [9.17, 15) is 5.11 Å². The van der Waals surface area contributed by atoms with E-state index in [1.807, 2.05) is 48.6 Å². The second kappa shape index (κ2) is 3.76. The van der Waals surface area contributed by atoms with Crippen LogP contribution in [0.25, 0.3) is 0 Å². The number of rotatable bonds is 2. The van der Waals surface area contributed by atoms with Crippen molar-refractivity contribution in [1.82, 2.24) is 0 Å². The van der Waals surface area contributed by atoms with Gasteiger partial charge in [0.25, 0.3) is 0 Å². The normalized spacial score (nSPS) is 18.0. The molecule has 1 atom stereocenters. The van der Waals surface area contributed by atoms with Gasteiger partial charge in [0, 0.05) is 5.56 Å². The molecule has 1 aromatic rings. The van der Waals surface area contributed by atoms with E-state index in [0.29, 0.717) is 0 Å². The van der Waals surface area contributed by atoms with Gasteiger partial charge < -0.3 is 5.11 Å². The van der Waals surface area contributed by atoms with Gasteiger partial charge in [0.1, 0.15) is 0 Å². The molecule has 0 saturated heterocycles. The fraction of sp³-hybridized carbons (Fsp3) is 0.143. The highest BCUT2D eigenvalue weighted by Crippen LogP contribution is 2.33. The first-order valence-electron chi connectivity index (χ1n) is 4.89. The lowest BCUT2D eigenvalue weighted by Gasteiger charge is -2.24. The molecule has 1 aliphatic rings. The van der Waals surface area contributed by atoms with Crippen LogP contribution in [0.5, 0.6) is 0 Å². The average molecular weight is 196 g/mol. The molecule has 1 aliphatic carbocycles. The summed E-state index contributed by atoms with van der Waals surface area (Å²) in [5.41, 5.74) is 0.351. The minimum Gasteiger partial charge on any atom is -0.370 e. The van der Waals surface area contributed by atoms with Gasteiger partial charge in [-0.15, -0.1) is 6.42 Å². The molecule has 1 nitrogen and oxygen atoms in total. The second-order valence-electron chi connectivity index (χ2n) is 3.54. The monoisotopic (exact) mass is 196 g/mol. The Morgan fingerprint density at radius 1 is 1.27 bits per heavy atom. The third-order valence-corrected chi connectivity index (χ3v) is 2.64. The summed E-state index contributed by atoms with van der Waals surface area (Å²) in [7, 11) is 0. The first-order valence-corrected chi connectivity index (χ1v) is 4.89. The van der Waals surface area contributed by atoms with Crippen molar-refractivity contribution in [3.8, 4) is 12.3 Å². The minimum absolute atomic E-state index is 0.718. The van der Waals surface area contributed by atoms with Crippen molar-refractivity contribution >= 4 is 0 Å². The molecule has 1 N–H and O–H groups in total. The molecule has 0 amide bonds. The molecule has 0 aromatic heterocycles. The van der Waals surface area contributed by atoms with Crippen molar-refractivity contribution in [3.63, 3.8) is 0 Å². The number of aliphatic hydroxyl groups is 1. The number of benzene rings is 1. The predicted octanol–water partition coefficient (Wildman–Crippen LogP) is 2.39. The van der Waals surface area contributed by atoms with Crippen LogP contribution >= 0.6 is 0 Å². The Kier molecular flexibility index (Phi) is 2.45. The van der Waals surface area contributed by atoms with Crippen molar-refractivity contribution < 1.29 is 5.11 Å². The van der Waals surface area contributed by atoms with Gasteiger partial charge in [-0.2, -0.15) is 0 Å². The molecule has 0 bridgehead atoms. The highest BCUT2D eigenvalue weighted by molar-refractivity contribution is 5.45. The molecular formula is C14H12O. The molecule has 0 heterocycles. The van der Waals surface area contributed by atoms with Gasteiger partial charge in [-0.1, -0.05) is 54.5 Å². The van der Waals surface area contributed by atoms with Crippen LogP contribution in [-0.4, -0.2) is 5.11 Å². The maximum Gasteiger partial charge on any atom is 0.173 e. The van der Waals surface area contributed by atoms with Crippen LogP contribution in [0.2, 0.25) is 0 Å². The zero-order chi connectivity index (χ0) is 10.7. The third-order valence-electron chi connectivity index (χ3n) is 2.64. The maximum absolute atomic E-state index is 10.4. The fourth-order valence-electron chi connectivity index (χ4n) is 1.76. The predicted molar refractivity (Wildman–Crippen MR) is 61.0 cm³/mol. The Labute approximate surface area is 89.8 Å². The van der Waals surface area contributed by atoms with Gasteiger partial charge in [0.2, 0.25) is 0 Å². The molecule has 1 unspecified atom stereocenters. The van der Waals surface area contributed by atoms with E-state index in [2.05, 4.69) is 5.92 Å². The van der Waals surface area contributed by atoms with E-state index < -0.39 is 5.60 Å². The van der Waals surface area contributed by atoms with E-state index in [1.54, 1.807) is 0 Å². The topological polar surface area (TPSA) is 20.2 Å². The van der Waals surface area contributed by atoms with E-state index in [0.717, 1.165) is 17.6 Å². The summed E-state index contributed by atoms with van der Waals surface area (Å²) in [5.74, 6) is 2.48. The number of allylic oxidation sites excluding steroid dienone is 3. The lowest BCUT2D eigenvalue weighted by Crippen LogP contribution is -2.25. The lowest BCUT2D eigenvalue weighted by atomic mass is 9.86. The molecular weight excluding hydrogens is 184 g/mol. The summed E-state index contributed by atoms with van der Waals surface area (Å²) in [6.07, 6.45) is 12.0. The summed E-state index contributed by atoms with van der Waals surface area (Å²) in [5, 5.41) is 10.4. The summed E-state index contributed by atoms with van der Waals surface area (Å²) in [6, 6.07) is 9.35. The Hall–Kier alpha value is -1.78. The number of hydrogen-bond acceptors (Lipinski definition) is 1. The van der Waals surface area contributed by atoms with Crippen LogP contribution in [0.1, 0.15) is 12.0 Å². The molecule has 0 fully saturated rings. The maximum atomic E-state index is 10.4. The third kappa shape index (κ3) is 1.60. The molecule has 2 rings (SSSR count). The summed E-state index contributed by atoms with van der Waals surface area (Å²) in [6.45, 7) is 0. The Balaban J connectivity index is 2.43. The highest BCUT2D eigenvalue weighted by Gasteiger charge is 2.31. The van der Waals surface area contributed by atoms with Crippen molar-refractivity contribution in [1.29, 1.82) is 0 Å². The van der Waals surface area contributed by atoms with Crippen LogP contribution in [0.4, 0.5) is 0 Å². The first-order chi connectivity index (χ1) is 7.27. The van der Waals surface area contributed by atoms with Crippen LogP contribution < -0.4 is 0 Å². The van der Waals surface area contributed by atoms with E-state index in [1.165, 1.54) is 0 Å². The van der Waals surface area contributed by atoms with Gasteiger partial charge in [0.05, 0.1) is 0 Å². The van der Waals surface area contributed by atoms with Crippen molar-refractivity contribution in [2.24, 2.45) is 0 Å². The SMILES string of the molecule is C#CC(O)(C1=CC=CC1)c1ccccc1. The number of hydrogen-bond donors (Lipinski definition) is 1. The van der Waals surface area contributed by atoms with Gasteiger partial charge in [0.15, 0.2) is 5.60 Å². The fourth-order valence-corrected chi connectivity index (χ4v) is 1.76. The largest absolute Gasteiger partial charge is 0.370 e. The van der Waals surface area contributed by atoms with Crippen LogP contribution in [0.3, 0.4) is 0 Å². The van der Waals surface area contributed by atoms with E-state index in [4.69, 9.17) is 6.42 Å². The zero-order valence-corrected chi connectivity index (χ0v) is 8.35. The zero-order valence-electron chi connectivity index (χ0n) is 8.35. The van der Waals surface area contributed by atoms with Crippen LogP contribution in [0, 0.1) is 12.3 Å². The lowest BCUT2D eigenvalue weighted by molar-refractivity contribution is 0.139. The summed E-state index contributed by atoms with van der Waals surface area (Å²) in [4.78, 5) is 0. The Morgan fingerprint density at radius 3 is 2.53 bits per heavy atom. The summed E-state index contributed by atoms with van der Waals surface area (Å²) < 4.78 is 0. The Bertz CT molecular complexity index is 448. The van der Waals surface area contributed by atoms with Crippen molar-refractivity contribution in [3.05, 3.63) is 59.7 Å². The van der Waals surface area contributed by atoms with Crippen LogP contribution in [-0.2, 0) is 5.60 Å². The highest BCUT2D eigenvalue weighted by atomic mass is 16.3. The smallest absolute Gasteiger partial charge is 0.173 e. The molecule has 74 valence electrons. The molecule has 0 radical (unpaired) electrons. The molecule has 15 heavy (non-hydrogen) atoms. The molecule has 0 aliphatic heterocycles. The van der Waals surface area contributed by atoms with E-state index >= 15 is 0 Å². The van der Waals surface area contributed by atoms with Crippen LogP contribution in [0.15, 0.2) is 54.1 Å². The molecule has 0 spiro atoms. The molecule has 1 aromatic carbocycles. The average Bonchev–Trinajstić information content (AvgIpc) is 2.83. The molecule has 1 heteroatoms. The quantitative estimate of drug-likeness (QED) is 0.720. The number of terminal acetylenes is 1. The second-order valence-corrected chi connectivity index (χ2v) is 3.54. The van der Waals surface area contributed by atoms with Crippen molar-refractivity contribution in [2.75, 3.05) is 0 Å². The first kappa shape index (κ1) is 9.76. The Morgan fingerprint density at radius 2 is 2.00 bits per heavy atom.